The van der Waals surface area contributed by atoms with E-state index in [1.807, 2.05) is 0 Å². The molecule has 0 aliphatic carbocycles. The summed E-state index contributed by atoms with van der Waals surface area (Å²) in [6, 6.07) is 0. The van der Waals surface area contributed by atoms with Gasteiger partial charge in [0.05, 0.1) is 13.2 Å². The van der Waals surface area contributed by atoms with Gasteiger partial charge in [0.15, 0.2) is 0 Å². The van der Waals surface area contributed by atoms with Crippen molar-refractivity contribution in [2.75, 3.05) is 26.4 Å². The Labute approximate surface area is 254 Å². The Hall–Kier alpha value is -2.03. The molecule has 0 aliphatic rings. The monoisotopic (exact) mass is 613 g/mol. The number of hydrogen-bond donors (Lipinski definition) is 3. The van der Waals surface area contributed by atoms with Crippen molar-refractivity contribution in [2.24, 2.45) is 0 Å². The van der Waals surface area contributed by atoms with Crippen molar-refractivity contribution in [1.29, 1.82) is 0 Å². The van der Waals surface area contributed by atoms with Crippen LogP contribution in [-0.2, 0) is 27.9 Å². The fourth-order valence-corrected chi connectivity index (χ4v) is 4.42. The molecule has 10 heteroatoms. The lowest BCUT2D eigenvalue weighted by Crippen LogP contribution is -2.27. The number of amides is 1. The Balaban J connectivity index is 3.76. The number of carbonyl (C=O) groups excluding carboxylic acids is 2. The summed E-state index contributed by atoms with van der Waals surface area (Å²) < 4.78 is 26.5. The molecule has 0 bridgehead atoms. The predicted molar refractivity (Wildman–Crippen MR) is 169 cm³/mol. The van der Waals surface area contributed by atoms with Gasteiger partial charge in [0.25, 0.3) is 0 Å². The van der Waals surface area contributed by atoms with Crippen LogP contribution in [-0.4, -0.2) is 54.3 Å². The second kappa shape index (κ2) is 29.1. The third-order valence-electron chi connectivity index (χ3n) is 6.02. The number of aliphatic hydroxyl groups is 1. The minimum Gasteiger partial charge on any atom is -0.463 e. The summed E-state index contributed by atoms with van der Waals surface area (Å²) in [4.78, 5) is 33.4. The maximum absolute atomic E-state index is 11.9. The first-order chi connectivity index (χ1) is 20.3. The number of rotatable bonds is 28. The molecule has 2 atom stereocenters. The van der Waals surface area contributed by atoms with Crippen LogP contribution in [0.3, 0.4) is 0 Å². The van der Waals surface area contributed by atoms with Crippen LogP contribution in [0.1, 0.15) is 110 Å². The molecule has 2 unspecified atom stereocenters. The number of ether oxygens (including phenoxy) is 1. The zero-order chi connectivity index (χ0) is 31.2. The number of phosphoric acid groups is 1. The molecule has 0 aliphatic heterocycles. The standard InChI is InChI=1S/C32H56NO8P/c1-3-5-7-9-11-12-13-14-15-16-17-18-19-21-23-25-32(36)39-28-30(34)29-41-42(37,38)40-27-26-33-31(35)24-22-20-10-8-6-4-2/h5,7,11-12,14-15,17-18,30,34H,3-4,6,8-10,13,16,19-29H2,1-2H3,(H,33,35)(H,37,38)/b7-5-,12-11-,15-14-,18-17-. The average Bonchev–Trinajstić information content (AvgIpc) is 2.97. The van der Waals surface area contributed by atoms with Gasteiger partial charge in [0, 0.05) is 19.4 Å². The third kappa shape index (κ3) is 29.5. The van der Waals surface area contributed by atoms with Crippen molar-refractivity contribution < 1.29 is 37.9 Å². The molecule has 9 nitrogen and oxygen atoms in total. The van der Waals surface area contributed by atoms with Gasteiger partial charge in [-0.05, 0) is 51.4 Å². The summed E-state index contributed by atoms with van der Waals surface area (Å²) >= 11 is 0. The van der Waals surface area contributed by atoms with Crippen molar-refractivity contribution in [3.05, 3.63) is 48.6 Å². The van der Waals surface area contributed by atoms with Gasteiger partial charge < -0.3 is 20.1 Å². The molecule has 0 aromatic carbocycles. The zero-order valence-electron chi connectivity index (χ0n) is 25.9. The van der Waals surface area contributed by atoms with Crippen LogP contribution in [0.4, 0.5) is 0 Å². The summed E-state index contributed by atoms with van der Waals surface area (Å²) in [5.74, 6) is -0.575. The minimum absolute atomic E-state index is 0.0744. The number of unbranched alkanes of at least 4 members (excludes halogenated alkanes) is 7. The molecule has 0 rings (SSSR count). The van der Waals surface area contributed by atoms with Crippen LogP contribution < -0.4 is 5.32 Å². The molecule has 0 radical (unpaired) electrons. The number of hydrogen-bond acceptors (Lipinski definition) is 7. The lowest BCUT2D eigenvalue weighted by Gasteiger charge is -2.15. The molecule has 0 fully saturated rings. The van der Waals surface area contributed by atoms with Gasteiger partial charge in [0.2, 0.25) is 5.91 Å². The molecule has 0 saturated carbocycles. The van der Waals surface area contributed by atoms with Crippen LogP contribution in [0, 0.1) is 0 Å². The number of allylic oxidation sites excluding steroid dienone is 8. The highest BCUT2D eigenvalue weighted by molar-refractivity contribution is 7.47. The smallest absolute Gasteiger partial charge is 0.463 e. The topological polar surface area (TPSA) is 131 Å². The van der Waals surface area contributed by atoms with Gasteiger partial charge >= 0.3 is 13.8 Å². The number of aliphatic hydroxyl groups excluding tert-OH is 1. The molecule has 42 heavy (non-hydrogen) atoms. The third-order valence-corrected chi connectivity index (χ3v) is 7.01. The largest absolute Gasteiger partial charge is 0.472 e. The maximum Gasteiger partial charge on any atom is 0.472 e. The van der Waals surface area contributed by atoms with E-state index in [-0.39, 0.29) is 32.1 Å². The maximum atomic E-state index is 11.9. The quantitative estimate of drug-likeness (QED) is 0.0364. The Bertz CT molecular complexity index is 840. The zero-order valence-corrected chi connectivity index (χ0v) is 26.8. The Morgan fingerprint density at radius 1 is 0.762 bits per heavy atom. The average molecular weight is 614 g/mol. The molecule has 1 amide bonds. The fraction of sp³-hybridized carbons (Fsp3) is 0.688. The predicted octanol–water partition coefficient (Wildman–Crippen LogP) is 7.26. The minimum atomic E-state index is -4.40. The SMILES string of the molecule is CC/C=C\C/C=C\C/C=C\C/C=C\CCCCC(=O)OCC(O)COP(=O)(O)OCCNC(=O)CCCCCCCC. The first-order valence-corrected chi connectivity index (χ1v) is 17.1. The van der Waals surface area contributed by atoms with E-state index in [9.17, 15) is 24.2 Å². The van der Waals surface area contributed by atoms with Gasteiger partial charge in [-0.25, -0.2) is 4.57 Å². The summed E-state index contributed by atoms with van der Waals surface area (Å²) in [7, 11) is -4.40. The Kier molecular flexibility index (Phi) is 27.7. The number of nitrogens with one attached hydrogen (secondary N) is 1. The molecule has 242 valence electrons. The molecule has 0 spiro atoms. The first-order valence-electron chi connectivity index (χ1n) is 15.6. The lowest BCUT2D eigenvalue weighted by molar-refractivity contribution is -0.147. The Morgan fingerprint density at radius 3 is 2.02 bits per heavy atom. The summed E-state index contributed by atoms with van der Waals surface area (Å²) in [5.41, 5.74) is 0. The van der Waals surface area contributed by atoms with E-state index in [1.165, 1.54) is 19.3 Å². The lowest BCUT2D eigenvalue weighted by atomic mass is 10.1. The first kappa shape index (κ1) is 40.0. The van der Waals surface area contributed by atoms with Crippen molar-refractivity contribution in [1.82, 2.24) is 5.32 Å². The van der Waals surface area contributed by atoms with Crippen molar-refractivity contribution in [3.63, 3.8) is 0 Å². The second-order valence-corrected chi connectivity index (χ2v) is 11.5. The highest BCUT2D eigenvalue weighted by atomic mass is 31.2. The Morgan fingerprint density at radius 2 is 1.36 bits per heavy atom. The van der Waals surface area contributed by atoms with E-state index in [0.717, 1.165) is 57.8 Å². The van der Waals surface area contributed by atoms with Gasteiger partial charge in [0.1, 0.15) is 12.7 Å². The van der Waals surface area contributed by atoms with Crippen LogP contribution in [0.5, 0.6) is 0 Å². The van der Waals surface area contributed by atoms with Crippen LogP contribution in [0.25, 0.3) is 0 Å². The summed E-state index contributed by atoms with van der Waals surface area (Å²) in [6.07, 6.45) is 29.3. The summed E-state index contributed by atoms with van der Waals surface area (Å²) in [5, 5.41) is 12.5. The number of carbonyl (C=O) groups is 2. The number of phosphoric ester groups is 1. The van der Waals surface area contributed by atoms with E-state index in [1.54, 1.807) is 0 Å². The van der Waals surface area contributed by atoms with E-state index in [2.05, 4.69) is 67.8 Å². The molecule has 0 aromatic rings. The van der Waals surface area contributed by atoms with E-state index in [0.29, 0.717) is 12.8 Å². The fourth-order valence-electron chi connectivity index (χ4n) is 3.66. The van der Waals surface area contributed by atoms with Crippen LogP contribution in [0.15, 0.2) is 48.6 Å². The van der Waals surface area contributed by atoms with Crippen molar-refractivity contribution in [2.45, 2.75) is 116 Å². The molecular weight excluding hydrogens is 557 g/mol. The van der Waals surface area contributed by atoms with Gasteiger partial charge in [-0.1, -0.05) is 94.6 Å². The molecular formula is C32H56NO8P. The van der Waals surface area contributed by atoms with Crippen molar-refractivity contribution in [3.8, 4) is 0 Å². The van der Waals surface area contributed by atoms with Gasteiger partial charge in [-0.2, -0.15) is 0 Å². The molecule has 3 N–H and O–H groups in total. The van der Waals surface area contributed by atoms with Gasteiger partial charge in [-0.3, -0.25) is 18.6 Å². The van der Waals surface area contributed by atoms with Crippen molar-refractivity contribution >= 4 is 19.7 Å². The van der Waals surface area contributed by atoms with E-state index < -0.39 is 26.5 Å². The molecule has 0 saturated heterocycles. The second-order valence-electron chi connectivity index (χ2n) is 10.0. The highest BCUT2D eigenvalue weighted by Gasteiger charge is 2.23. The molecule has 0 aromatic heterocycles. The van der Waals surface area contributed by atoms with Crippen LogP contribution >= 0.6 is 7.82 Å². The summed E-state index contributed by atoms with van der Waals surface area (Å²) in [6.45, 7) is 3.28. The normalized spacial score (nSPS) is 14.3. The number of esters is 1. The van der Waals surface area contributed by atoms with E-state index in [4.69, 9.17) is 13.8 Å². The highest BCUT2D eigenvalue weighted by Crippen LogP contribution is 2.42. The van der Waals surface area contributed by atoms with E-state index >= 15 is 0 Å². The molecule has 0 heterocycles. The van der Waals surface area contributed by atoms with Crippen LogP contribution in [0.2, 0.25) is 0 Å². The van der Waals surface area contributed by atoms with Gasteiger partial charge in [-0.15, -0.1) is 0 Å².